The summed E-state index contributed by atoms with van der Waals surface area (Å²) in [4.78, 5) is 157. The molecule has 11 aliphatic carbocycles. The van der Waals surface area contributed by atoms with E-state index in [-0.39, 0.29) is 105 Å². The summed E-state index contributed by atoms with van der Waals surface area (Å²) in [5, 5.41) is 0. The van der Waals surface area contributed by atoms with Gasteiger partial charge in [-0.05, 0) is 439 Å². The number of likely N-dealkylation sites (tertiary alicyclic amines) is 9. The first kappa shape index (κ1) is 124. The van der Waals surface area contributed by atoms with Crippen molar-refractivity contribution in [3.8, 4) is 0 Å². The molecular formula is C120H207N9O21. The van der Waals surface area contributed by atoms with Crippen molar-refractivity contribution in [3.63, 3.8) is 0 Å². The maximum Gasteiger partial charge on any atom is 0.417 e. The third-order valence-electron chi connectivity index (χ3n) is 37.0. The molecule has 9 heterocycles. The highest BCUT2D eigenvalue weighted by molar-refractivity contribution is 5.95. The standard InChI is InChI=1S/C18H27NO3.C16H25NO2.C15H27NO2.C13H21NO3.C13H23NO2.C13H25NO2.C11H19NO3.C11H21NO2.C10H19NO2/c1-17(2,22-16(21)19-5-3-4-15(19)20)18-9-12-6-13(10-18)8-14(7-12)11-18;18-15(17-4-2-1-3-5-17)19-16-9-12-6-13(10-16)8-14(7-12)11-16;1-15(2,13-9-5-3-6-10-13)18-14(17)16-11-7-4-8-12-16;1-2-13(8-4-3-5-9-13)17-12(16)14-10-6-7-11(14)15;1-13(8-4-2-5-9-13)16-12(15)14-10-6-3-7-11-14;1-4-13(5-2,6-3)16-12(15)14-10-8-7-9-11-14;1-8(2)11(3,4)15-10(14)12-7-5-6-9(12)13;1-4-11(2,3)14-10(13)12-8-6-5-7-9-12;1-10(2,3)13-9(12)11-7-5-4-6-8-11/h12-14H,3-11H2,1-2H3;12-14H,1-11H2;13H,3-12H2,1-2H3;2-10H2,1H3;2-11H2,1H3;4-11H2,1-3H3;8H,5-7H2,1-4H3;4-9H2,1-3H3;4-8H2,1-3H3. The van der Waals surface area contributed by atoms with Crippen LogP contribution in [0.15, 0.2) is 0 Å². The van der Waals surface area contributed by atoms with Gasteiger partial charge in [-0.2, -0.15) is 0 Å². The fourth-order valence-corrected chi connectivity index (χ4v) is 26.7. The van der Waals surface area contributed by atoms with Gasteiger partial charge in [0.2, 0.25) is 17.7 Å². The van der Waals surface area contributed by atoms with Crippen LogP contribution in [0, 0.1) is 52.8 Å². The number of ether oxygens (including phenoxy) is 9. The molecule has 0 aromatic heterocycles. The zero-order valence-electron chi connectivity index (χ0n) is 97.4. The van der Waals surface area contributed by atoms with Gasteiger partial charge in [0, 0.05) is 123 Å². The fraction of sp³-hybridized carbons (Fsp3) is 0.900. The maximum absolute atomic E-state index is 12.4. The topological polar surface area (TPSA) is 317 Å². The molecule has 9 aliphatic heterocycles. The molecule has 8 bridgehead atoms. The van der Waals surface area contributed by atoms with E-state index >= 15 is 0 Å². The summed E-state index contributed by atoms with van der Waals surface area (Å²) in [6.45, 7) is 50.1. The quantitative estimate of drug-likeness (QED) is 0.130. The highest BCUT2D eigenvalue weighted by Gasteiger charge is 2.60. The van der Waals surface area contributed by atoms with Gasteiger partial charge in [-0.25, -0.2) is 57.9 Å². The van der Waals surface area contributed by atoms with Crippen molar-refractivity contribution in [1.29, 1.82) is 0 Å². The first-order valence-corrected chi connectivity index (χ1v) is 60.6. The molecule has 20 fully saturated rings. The summed E-state index contributed by atoms with van der Waals surface area (Å²) < 4.78 is 50.9. The highest BCUT2D eigenvalue weighted by Crippen LogP contribution is 2.65. The second-order valence-corrected chi connectivity index (χ2v) is 51.6. The molecule has 858 valence electrons. The molecule has 11 saturated carbocycles. The average Bonchev–Trinajstić information content (AvgIpc) is 0.799. The van der Waals surface area contributed by atoms with Crippen molar-refractivity contribution in [2.24, 2.45) is 52.8 Å². The van der Waals surface area contributed by atoms with E-state index in [1.54, 1.807) is 4.90 Å². The predicted octanol–water partition coefficient (Wildman–Crippen LogP) is 28.4. The van der Waals surface area contributed by atoms with E-state index in [4.69, 9.17) is 42.6 Å². The Hall–Kier alpha value is -7.56. The van der Waals surface area contributed by atoms with Crippen molar-refractivity contribution in [3.05, 3.63) is 0 Å². The molecule has 0 aromatic rings. The van der Waals surface area contributed by atoms with Crippen LogP contribution in [0.25, 0.3) is 0 Å². The molecule has 0 atom stereocenters. The van der Waals surface area contributed by atoms with Gasteiger partial charge in [0.15, 0.2) is 0 Å². The van der Waals surface area contributed by atoms with Crippen molar-refractivity contribution in [2.75, 3.05) is 98.2 Å². The molecule has 0 aromatic carbocycles. The molecule has 20 aliphatic rings. The van der Waals surface area contributed by atoms with Crippen molar-refractivity contribution >= 4 is 72.6 Å². The zero-order valence-corrected chi connectivity index (χ0v) is 97.4. The summed E-state index contributed by atoms with van der Waals surface area (Å²) in [7, 11) is 0. The minimum atomic E-state index is -0.528. The normalized spacial score (nSPS) is 26.6. The van der Waals surface area contributed by atoms with Crippen LogP contribution in [0.5, 0.6) is 0 Å². The molecule has 30 nitrogen and oxygen atoms in total. The second-order valence-electron chi connectivity index (χ2n) is 51.6. The lowest BCUT2D eigenvalue weighted by molar-refractivity contribution is -0.167. The number of amides is 12. The SMILES string of the molecule is CC(C)(C)OC(=O)N1CCCCC1.CC(C)(OC(=O)N1CCCC1=O)C12CC3CC(CC(C3)C1)C2.CC(C)(OC(=O)N1CCCCC1)C1CCCCC1.CC(C)C(C)(C)OC(=O)N1CCCC1=O.CC1(OC(=O)N2CCCCC2)CCCCC1.CCC(C)(C)OC(=O)N1CCCCC1.CCC(CC)(CC)OC(=O)N1CCCCC1.CCC1(OC(=O)N2CCCC2=O)CCCCC1.O=C(OC12CC3CC(CC(C3)C1)C2)N1CCCCC1. The molecule has 0 unspecified atom stereocenters. The van der Waals surface area contributed by atoms with Gasteiger partial charge in [0.05, 0.1) is 0 Å². The monoisotopic (exact) mass is 2110 g/mol. The van der Waals surface area contributed by atoms with Gasteiger partial charge in [0.25, 0.3) is 0 Å². The Morgan fingerprint density at radius 1 is 0.307 bits per heavy atom. The minimum absolute atomic E-state index is 0.0124. The Bertz CT molecular complexity index is 4140. The van der Waals surface area contributed by atoms with Crippen molar-refractivity contribution in [2.45, 2.75) is 542 Å². The highest BCUT2D eigenvalue weighted by atomic mass is 16.6. The summed E-state index contributed by atoms with van der Waals surface area (Å²) in [5.74, 6) is 5.51. The third-order valence-corrected chi connectivity index (χ3v) is 37.0. The van der Waals surface area contributed by atoms with Gasteiger partial charge in [-0.1, -0.05) is 80.6 Å². The lowest BCUT2D eigenvalue weighted by Crippen LogP contribution is -2.58. The maximum atomic E-state index is 12.4. The Kier molecular flexibility index (Phi) is 48.0. The van der Waals surface area contributed by atoms with E-state index in [9.17, 15) is 57.5 Å². The predicted molar refractivity (Wildman–Crippen MR) is 584 cm³/mol. The largest absolute Gasteiger partial charge is 0.444 e. The Balaban J connectivity index is 0.000000173. The lowest BCUT2D eigenvalue weighted by atomic mass is 9.46. The van der Waals surface area contributed by atoms with E-state index in [2.05, 4.69) is 62.3 Å². The van der Waals surface area contributed by atoms with Gasteiger partial charge >= 0.3 is 54.8 Å². The summed E-state index contributed by atoms with van der Waals surface area (Å²) >= 11 is 0. The smallest absolute Gasteiger partial charge is 0.417 e. The van der Waals surface area contributed by atoms with Crippen molar-refractivity contribution < 1.29 is 100 Å². The molecular weight excluding hydrogens is 1900 g/mol. The molecule has 0 N–H and O–H groups in total. The van der Waals surface area contributed by atoms with Gasteiger partial charge in [0.1, 0.15) is 50.4 Å². The van der Waals surface area contributed by atoms with Gasteiger partial charge in [-0.3, -0.25) is 14.4 Å². The summed E-state index contributed by atoms with van der Waals surface area (Å²) in [5.41, 5.74) is -2.65. The summed E-state index contributed by atoms with van der Waals surface area (Å²) in [6, 6.07) is 0. The van der Waals surface area contributed by atoms with Crippen LogP contribution in [-0.4, -0.2) is 265 Å². The molecule has 20 rings (SSSR count). The average molecular weight is 2110 g/mol. The van der Waals surface area contributed by atoms with Gasteiger partial charge < -0.3 is 72.0 Å². The number of imide groups is 3. The third kappa shape index (κ3) is 37.6. The van der Waals surface area contributed by atoms with E-state index in [1.807, 2.05) is 93.7 Å². The zero-order chi connectivity index (χ0) is 109. The number of hydrogen-bond acceptors (Lipinski definition) is 21. The van der Waals surface area contributed by atoms with Crippen LogP contribution in [-0.2, 0) is 57.0 Å². The van der Waals surface area contributed by atoms with Gasteiger partial charge in [-0.15, -0.1) is 0 Å². The minimum Gasteiger partial charge on any atom is -0.444 e. The lowest BCUT2D eigenvalue weighted by Gasteiger charge is -2.61. The number of rotatable bonds is 16. The summed E-state index contributed by atoms with van der Waals surface area (Å²) in [6.07, 6.45) is 60.0. The number of piperidine rings is 6. The van der Waals surface area contributed by atoms with E-state index < -0.39 is 29.5 Å². The Morgan fingerprint density at radius 3 is 0.947 bits per heavy atom. The number of carbonyl (C=O) groups is 12. The van der Waals surface area contributed by atoms with Crippen LogP contribution in [0.4, 0.5) is 43.2 Å². The molecule has 12 amide bonds. The Morgan fingerprint density at radius 2 is 0.613 bits per heavy atom. The first-order valence-electron chi connectivity index (χ1n) is 60.6. The van der Waals surface area contributed by atoms with Crippen molar-refractivity contribution in [1.82, 2.24) is 44.1 Å². The Labute approximate surface area is 904 Å². The number of carbonyl (C=O) groups excluding carboxylic acids is 12. The molecule has 0 radical (unpaired) electrons. The second kappa shape index (κ2) is 57.9. The molecule has 9 saturated heterocycles. The molecule has 0 spiro atoms. The molecule has 30 heteroatoms. The van der Waals surface area contributed by atoms with Crippen LogP contribution in [0.3, 0.4) is 0 Å². The van der Waals surface area contributed by atoms with E-state index in [0.717, 1.165) is 300 Å². The van der Waals surface area contributed by atoms with E-state index in [1.165, 1.54) is 169 Å². The number of hydrogen-bond donors (Lipinski definition) is 0. The number of nitrogens with zero attached hydrogens (tertiary/aromatic N) is 9. The van der Waals surface area contributed by atoms with E-state index in [0.29, 0.717) is 44.8 Å². The van der Waals surface area contributed by atoms with Crippen LogP contribution >= 0.6 is 0 Å². The fourth-order valence-electron chi connectivity index (χ4n) is 26.7. The van der Waals surface area contributed by atoms with Crippen LogP contribution in [0.2, 0.25) is 0 Å². The first-order chi connectivity index (χ1) is 71.1. The van der Waals surface area contributed by atoms with Crippen LogP contribution < -0.4 is 0 Å². The molecule has 150 heavy (non-hydrogen) atoms. The van der Waals surface area contributed by atoms with Crippen LogP contribution in [0.1, 0.15) is 491 Å².